The number of fused-ring (bicyclic) bond motifs is 1. The van der Waals surface area contributed by atoms with E-state index in [1.165, 1.54) is 5.57 Å². The molecule has 2 aliphatic carbocycles. The molecule has 0 heterocycles. The van der Waals surface area contributed by atoms with E-state index in [1.807, 2.05) is 19.1 Å². The lowest BCUT2D eigenvalue weighted by molar-refractivity contribution is -0.166. The van der Waals surface area contributed by atoms with Crippen LogP contribution in [0.15, 0.2) is 11.6 Å². The minimum absolute atomic E-state index is 0.213. The number of hydrogen-bond acceptors (Lipinski definition) is 3. The van der Waals surface area contributed by atoms with Crippen LogP contribution in [-0.2, 0) is 9.59 Å². The molecule has 3 atom stereocenters. The van der Waals surface area contributed by atoms with Crippen LogP contribution in [0, 0.1) is 34.5 Å². The van der Waals surface area contributed by atoms with Gasteiger partial charge < -0.3 is 10.2 Å². The van der Waals surface area contributed by atoms with Crippen molar-refractivity contribution >= 4 is 11.9 Å². The highest BCUT2D eigenvalue weighted by atomic mass is 16.4. The van der Waals surface area contributed by atoms with E-state index < -0.39 is 23.3 Å². The molecule has 0 radical (unpaired) electrons. The van der Waals surface area contributed by atoms with Crippen LogP contribution >= 0.6 is 0 Å². The highest BCUT2D eigenvalue weighted by molar-refractivity contribution is 5.94. The predicted molar refractivity (Wildman–Crippen MR) is 61.4 cm³/mol. The zero-order valence-electron chi connectivity index (χ0n) is 10.1. The zero-order valence-corrected chi connectivity index (χ0v) is 10.1. The van der Waals surface area contributed by atoms with Crippen molar-refractivity contribution in [3.63, 3.8) is 0 Å². The summed E-state index contributed by atoms with van der Waals surface area (Å²) >= 11 is 0. The second kappa shape index (κ2) is 4.13. The third-order valence-corrected chi connectivity index (χ3v) is 4.31. The van der Waals surface area contributed by atoms with E-state index in [0.717, 1.165) is 12.8 Å². The highest BCUT2D eigenvalue weighted by Crippen LogP contribution is 2.61. The molecule has 0 aliphatic heterocycles. The third-order valence-electron chi connectivity index (χ3n) is 4.31. The normalized spacial score (nSPS) is 33.3. The Labute approximate surface area is 105 Å². The van der Waals surface area contributed by atoms with Crippen LogP contribution in [0.25, 0.3) is 0 Å². The van der Waals surface area contributed by atoms with Crippen molar-refractivity contribution in [1.29, 1.82) is 5.26 Å². The number of carboxylic acids is 2. The van der Waals surface area contributed by atoms with E-state index in [-0.39, 0.29) is 11.8 Å². The monoisotopic (exact) mass is 249 g/mol. The van der Waals surface area contributed by atoms with Gasteiger partial charge in [0.15, 0.2) is 5.92 Å². The molecule has 0 aromatic heterocycles. The molecule has 0 bridgehead atoms. The Morgan fingerprint density at radius 2 is 2.17 bits per heavy atom. The fraction of sp³-hybridized carbons (Fsp3) is 0.615. The van der Waals surface area contributed by atoms with Gasteiger partial charge in [0, 0.05) is 5.92 Å². The Hall–Kier alpha value is -1.83. The highest BCUT2D eigenvalue weighted by Gasteiger charge is 2.63. The molecule has 18 heavy (non-hydrogen) atoms. The molecule has 2 rings (SSSR count). The maximum absolute atomic E-state index is 11.1. The molecule has 0 saturated heterocycles. The zero-order chi connectivity index (χ0) is 13.5. The molecule has 1 saturated carbocycles. The molecule has 2 N–H and O–H groups in total. The van der Waals surface area contributed by atoms with E-state index in [0.29, 0.717) is 6.42 Å². The van der Waals surface area contributed by atoms with Crippen LogP contribution in [0.2, 0.25) is 0 Å². The lowest BCUT2D eigenvalue weighted by Crippen LogP contribution is -2.54. The number of nitriles is 1. The summed E-state index contributed by atoms with van der Waals surface area (Å²) in [6.45, 7) is 2.01. The van der Waals surface area contributed by atoms with Crippen molar-refractivity contribution in [2.24, 2.45) is 23.2 Å². The summed E-state index contributed by atoms with van der Waals surface area (Å²) in [5.41, 5.74) is -0.0594. The number of nitrogens with zero attached hydrogens (tertiary/aromatic N) is 1. The molecule has 3 unspecified atom stereocenters. The molecule has 0 aromatic rings. The first-order chi connectivity index (χ1) is 8.46. The number of rotatable bonds is 4. The van der Waals surface area contributed by atoms with Gasteiger partial charge in [0.1, 0.15) is 0 Å². The van der Waals surface area contributed by atoms with E-state index in [1.54, 1.807) is 0 Å². The average molecular weight is 249 g/mol. The predicted octanol–water partition coefficient (Wildman–Crippen LogP) is 1.66. The van der Waals surface area contributed by atoms with Crippen molar-refractivity contribution in [1.82, 2.24) is 0 Å². The molecule has 0 amide bonds. The maximum Gasteiger partial charge on any atom is 0.319 e. The van der Waals surface area contributed by atoms with Gasteiger partial charge in [0.25, 0.3) is 0 Å². The number of aliphatic carboxylic acids is 2. The van der Waals surface area contributed by atoms with Crippen LogP contribution < -0.4 is 0 Å². The van der Waals surface area contributed by atoms with Crippen LogP contribution in [0.4, 0.5) is 0 Å². The molecular weight excluding hydrogens is 234 g/mol. The van der Waals surface area contributed by atoms with E-state index >= 15 is 0 Å². The van der Waals surface area contributed by atoms with Crippen molar-refractivity contribution in [2.75, 3.05) is 0 Å². The summed E-state index contributed by atoms with van der Waals surface area (Å²) in [5, 5.41) is 27.4. The van der Waals surface area contributed by atoms with Gasteiger partial charge in [-0.15, -0.1) is 0 Å². The van der Waals surface area contributed by atoms with Crippen LogP contribution in [0.1, 0.15) is 26.2 Å². The fourth-order valence-corrected chi connectivity index (χ4v) is 3.40. The largest absolute Gasteiger partial charge is 0.481 e. The molecule has 0 aromatic carbocycles. The first-order valence-corrected chi connectivity index (χ1v) is 6.02. The quantitative estimate of drug-likeness (QED) is 0.583. The Kier molecular flexibility index (Phi) is 2.89. The Morgan fingerprint density at radius 3 is 2.61 bits per heavy atom. The molecule has 1 fully saturated rings. The molecule has 2 aliphatic rings. The minimum Gasteiger partial charge on any atom is -0.481 e. The van der Waals surface area contributed by atoms with Gasteiger partial charge in [0.05, 0.1) is 11.5 Å². The van der Waals surface area contributed by atoms with Crippen molar-refractivity contribution < 1.29 is 19.8 Å². The molecule has 5 heteroatoms. The summed E-state index contributed by atoms with van der Waals surface area (Å²) < 4.78 is 0. The second-order valence-corrected chi connectivity index (χ2v) is 5.13. The van der Waals surface area contributed by atoms with Crippen LogP contribution in [0.3, 0.4) is 0 Å². The van der Waals surface area contributed by atoms with Gasteiger partial charge >= 0.3 is 11.9 Å². The third kappa shape index (κ3) is 1.52. The molecular formula is C13H15NO4. The summed E-state index contributed by atoms with van der Waals surface area (Å²) in [6.07, 6.45) is 4.05. The maximum atomic E-state index is 11.1. The second-order valence-electron chi connectivity index (χ2n) is 5.13. The summed E-state index contributed by atoms with van der Waals surface area (Å²) in [4.78, 5) is 22.3. The van der Waals surface area contributed by atoms with E-state index in [2.05, 4.69) is 0 Å². The smallest absolute Gasteiger partial charge is 0.319 e. The Morgan fingerprint density at radius 1 is 1.56 bits per heavy atom. The lowest BCUT2D eigenvalue weighted by Gasteiger charge is -2.49. The molecule has 5 nitrogen and oxygen atoms in total. The van der Waals surface area contributed by atoms with E-state index in [4.69, 9.17) is 10.2 Å². The number of carbonyl (C=O) groups is 2. The summed E-state index contributed by atoms with van der Waals surface area (Å²) in [6, 6.07) is 1.99. The first-order valence-electron chi connectivity index (χ1n) is 6.02. The SMILES string of the molecule is CCC1=CC2C(C1)CC2(C#N)C(C(=O)O)C(=O)O. The van der Waals surface area contributed by atoms with Crippen molar-refractivity contribution in [2.45, 2.75) is 26.2 Å². The van der Waals surface area contributed by atoms with Crippen molar-refractivity contribution in [3.05, 3.63) is 11.6 Å². The Bertz CT molecular complexity index is 462. The number of hydrogen-bond donors (Lipinski definition) is 2. The topological polar surface area (TPSA) is 98.4 Å². The van der Waals surface area contributed by atoms with Gasteiger partial charge in [-0.25, -0.2) is 0 Å². The number of carboxylic acid groups (broad SMARTS) is 2. The van der Waals surface area contributed by atoms with Crippen LogP contribution in [-0.4, -0.2) is 22.2 Å². The van der Waals surface area contributed by atoms with Crippen LogP contribution in [0.5, 0.6) is 0 Å². The fourth-order valence-electron chi connectivity index (χ4n) is 3.40. The first kappa shape index (κ1) is 12.6. The lowest BCUT2D eigenvalue weighted by atomic mass is 9.50. The van der Waals surface area contributed by atoms with Crippen molar-refractivity contribution in [3.8, 4) is 6.07 Å². The molecule has 96 valence electrons. The van der Waals surface area contributed by atoms with Gasteiger partial charge in [-0.1, -0.05) is 18.6 Å². The van der Waals surface area contributed by atoms with Gasteiger partial charge in [-0.2, -0.15) is 5.26 Å². The molecule has 0 spiro atoms. The summed E-state index contributed by atoms with van der Waals surface area (Å²) in [5.74, 6) is -4.42. The van der Waals surface area contributed by atoms with Gasteiger partial charge in [-0.05, 0) is 25.2 Å². The van der Waals surface area contributed by atoms with Gasteiger partial charge in [0.2, 0.25) is 0 Å². The number of allylic oxidation sites excluding steroid dienone is 2. The summed E-state index contributed by atoms with van der Waals surface area (Å²) in [7, 11) is 0. The Balaban J connectivity index is 2.35. The van der Waals surface area contributed by atoms with Gasteiger partial charge in [-0.3, -0.25) is 9.59 Å². The van der Waals surface area contributed by atoms with E-state index in [9.17, 15) is 14.9 Å². The minimum atomic E-state index is -1.63. The standard InChI is InChI=1S/C13H15NO4/c1-2-7-3-8-5-13(6-14,9(8)4-7)10(11(15)16)12(17)18/h4,8-10H,2-3,5H2,1H3,(H,15,16)(H,17,18). The average Bonchev–Trinajstić information content (AvgIpc) is 2.62.